The minimum absolute atomic E-state index is 0.0800. The molecule has 198 valence electrons. The predicted octanol–water partition coefficient (Wildman–Crippen LogP) is 4.59. The van der Waals surface area contributed by atoms with Crippen LogP contribution in [0, 0.1) is 5.82 Å². The van der Waals surface area contributed by atoms with Crippen LogP contribution in [-0.4, -0.2) is 53.4 Å². The topological polar surface area (TPSA) is 79.1 Å². The van der Waals surface area contributed by atoms with Gasteiger partial charge in [0, 0.05) is 25.7 Å². The highest BCUT2D eigenvalue weighted by Crippen LogP contribution is 2.45. The molecule has 8 nitrogen and oxygen atoms in total. The van der Waals surface area contributed by atoms with Crippen molar-refractivity contribution in [2.75, 3.05) is 17.4 Å². The maximum Gasteiger partial charge on any atom is 0.305 e. The number of hydrogen-bond acceptors (Lipinski definition) is 6. The Morgan fingerprint density at radius 3 is 2.70 bits per heavy atom. The van der Waals surface area contributed by atoms with E-state index in [2.05, 4.69) is 28.9 Å². The lowest BCUT2D eigenvalue weighted by atomic mass is 9.82. The van der Waals surface area contributed by atoms with Crippen LogP contribution in [0.3, 0.4) is 0 Å². The van der Waals surface area contributed by atoms with Crippen molar-refractivity contribution >= 4 is 15.9 Å². The Labute approximate surface area is 217 Å². The molecule has 0 radical (unpaired) electrons. The summed E-state index contributed by atoms with van der Waals surface area (Å²) in [7, 11) is -3.92. The van der Waals surface area contributed by atoms with E-state index in [1.807, 2.05) is 26.0 Å². The number of nitrogens with zero attached hydrogens (tertiary/aromatic N) is 4. The van der Waals surface area contributed by atoms with Crippen LogP contribution in [0.4, 0.5) is 10.1 Å². The molecule has 5 rings (SSSR count). The molecule has 0 saturated carbocycles. The third kappa shape index (κ3) is 5.23. The van der Waals surface area contributed by atoms with E-state index in [1.54, 1.807) is 12.1 Å². The molecule has 2 atom stereocenters. The second kappa shape index (κ2) is 10.1. The fourth-order valence-corrected chi connectivity index (χ4v) is 7.63. The molecule has 3 aromatic rings. The van der Waals surface area contributed by atoms with Crippen LogP contribution >= 0.6 is 0 Å². The number of anilines is 1. The van der Waals surface area contributed by atoms with Crippen molar-refractivity contribution in [3.63, 3.8) is 0 Å². The fraction of sp³-hybridized carbons (Fsp3) is 0.444. The zero-order valence-corrected chi connectivity index (χ0v) is 22.2. The number of hydrogen-bond donors (Lipinski definition) is 0. The number of benzene rings is 2. The summed E-state index contributed by atoms with van der Waals surface area (Å²) < 4.78 is 56.0. The zero-order valence-electron chi connectivity index (χ0n) is 21.4. The van der Waals surface area contributed by atoms with Crippen LogP contribution in [0.25, 0.3) is 0 Å². The van der Waals surface area contributed by atoms with E-state index in [9.17, 15) is 12.8 Å². The van der Waals surface area contributed by atoms with E-state index in [0.717, 1.165) is 17.9 Å². The van der Waals surface area contributed by atoms with Gasteiger partial charge >= 0.3 is 10.2 Å². The van der Waals surface area contributed by atoms with Gasteiger partial charge in [-0.25, -0.2) is 13.7 Å². The first-order chi connectivity index (χ1) is 17.7. The van der Waals surface area contributed by atoms with E-state index in [1.165, 1.54) is 33.3 Å². The van der Waals surface area contributed by atoms with Gasteiger partial charge in [0.2, 0.25) is 0 Å². The molecule has 37 heavy (non-hydrogen) atoms. The van der Waals surface area contributed by atoms with Gasteiger partial charge in [-0.3, -0.25) is 4.90 Å². The average molecular weight is 529 g/mol. The summed E-state index contributed by atoms with van der Waals surface area (Å²) in [6, 6.07) is 14.1. The molecule has 10 heteroatoms. The lowest BCUT2D eigenvalue weighted by molar-refractivity contribution is 0.0978. The molecule has 2 fully saturated rings. The fourth-order valence-electron chi connectivity index (χ4n) is 5.62. The van der Waals surface area contributed by atoms with Gasteiger partial charge in [0.05, 0.1) is 30.1 Å². The van der Waals surface area contributed by atoms with Crippen LogP contribution in [-0.2, 0) is 23.3 Å². The summed E-state index contributed by atoms with van der Waals surface area (Å²) in [6.45, 7) is 7.95. The van der Waals surface area contributed by atoms with Gasteiger partial charge in [0.25, 0.3) is 0 Å². The highest BCUT2D eigenvalue weighted by atomic mass is 32.2. The maximum atomic E-state index is 14.2. The molecule has 0 unspecified atom stereocenters. The molecular weight excluding hydrogens is 495 g/mol. The number of ether oxygens (including phenoxy) is 1. The summed E-state index contributed by atoms with van der Waals surface area (Å²) in [5.41, 5.74) is 0.790. The Hall–Kier alpha value is -2.95. The van der Waals surface area contributed by atoms with Crippen molar-refractivity contribution in [2.24, 2.45) is 0 Å². The van der Waals surface area contributed by atoms with E-state index in [-0.39, 0.29) is 18.7 Å². The second-order valence-corrected chi connectivity index (χ2v) is 12.1. The maximum absolute atomic E-state index is 14.2. The number of rotatable bonds is 7. The quantitative estimate of drug-likeness (QED) is 0.446. The average Bonchev–Trinajstić information content (AvgIpc) is 3.40. The minimum atomic E-state index is -3.92. The van der Waals surface area contributed by atoms with Gasteiger partial charge in [-0.1, -0.05) is 18.2 Å². The summed E-state index contributed by atoms with van der Waals surface area (Å²) in [5.74, 6) is 0.843. The summed E-state index contributed by atoms with van der Waals surface area (Å²) in [6.07, 6.45) is 4.14. The van der Waals surface area contributed by atoms with E-state index in [4.69, 9.17) is 9.15 Å². The molecule has 2 aromatic carbocycles. The minimum Gasteiger partial charge on any atom is -0.491 e. The summed E-state index contributed by atoms with van der Waals surface area (Å²) >= 11 is 0. The summed E-state index contributed by atoms with van der Waals surface area (Å²) in [5, 5.41) is 0. The van der Waals surface area contributed by atoms with Crippen molar-refractivity contribution in [2.45, 2.75) is 64.4 Å². The third-order valence-electron chi connectivity index (χ3n) is 7.14. The SMILES string of the molecule is CC(C)Oc1cccc(CN2CC[C@@]3(C[C@@H]2C)CN(Cc2cnco2)S(=O)(=O)N3c2cccc(F)c2)c1. The van der Waals surface area contributed by atoms with Crippen LogP contribution in [0.15, 0.2) is 65.5 Å². The predicted molar refractivity (Wildman–Crippen MR) is 139 cm³/mol. The zero-order chi connectivity index (χ0) is 26.2. The smallest absolute Gasteiger partial charge is 0.305 e. The van der Waals surface area contributed by atoms with Gasteiger partial charge in [0.1, 0.15) is 17.3 Å². The highest BCUT2D eigenvalue weighted by molar-refractivity contribution is 7.90. The van der Waals surface area contributed by atoms with Crippen molar-refractivity contribution in [3.05, 3.63) is 78.3 Å². The Morgan fingerprint density at radius 2 is 2.00 bits per heavy atom. The number of piperidine rings is 1. The van der Waals surface area contributed by atoms with E-state index < -0.39 is 21.6 Å². The molecule has 2 aliphatic rings. The van der Waals surface area contributed by atoms with Crippen LogP contribution in [0.1, 0.15) is 44.9 Å². The third-order valence-corrected chi connectivity index (χ3v) is 9.11. The van der Waals surface area contributed by atoms with Crippen molar-refractivity contribution in [1.82, 2.24) is 14.2 Å². The van der Waals surface area contributed by atoms with Gasteiger partial charge in [-0.05, 0) is 69.5 Å². The molecule has 0 amide bonds. The Kier molecular flexibility index (Phi) is 6.99. The molecular formula is C27H33FN4O4S. The molecule has 1 aromatic heterocycles. The Bertz CT molecular complexity index is 1330. The molecule has 0 N–H and O–H groups in total. The summed E-state index contributed by atoms with van der Waals surface area (Å²) in [4.78, 5) is 6.29. The lowest BCUT2D eigenvalue weighted by Gasteiger charge is -2.47. The van der Waals surface area contributed by atoms with Crippen LogP contribution < -0.4 is 9.04 Å². The number of oxazole rings is 1. The monoisotopic (exact) mass is 528 g/mol. The van der Waals surface area contributed by atoms with Crippen LogP contribution in [0.2, 0.25) is 0 Å². The molecule has 0 bridgehead atoms. The first kappa shape index (κ1) is 25.7. The van der Waals surface area contributed by atoms with Gasteiger partial charge < -0.3 is 9.15 Å². The Balaban J connectivity index is 1.41. The number of halogens is 1. The molecule has 1 spiro atoms. The molecule has 2 aliphatic heterocycles. The first-order valence-electron chi connectivity index (χ1n) is 12.6. The van der Waals surface area contributed by atoms with Gasteiger partial charge in [-0.15, -0.1) is 0 Å². The van der Waals surface area contributed by atoms with E-state index in [0.29, 0.717) is 37.4 Å². The van der Waals surface area contributed by atoms with Crippen molar-refractivity contribution in [1.29, 1.82) is 0 Å². The number of likely N-dealkylation sites (tertiary alicyclic amines) is 1. The number of aromatic nitrogens is 1. The largest absolute Gasteiger partial charge is 0.491 e. The lowest BCUT2D eigenvalue weighted by Crippen LogP contribution is -2.57. The Morgan fingerprint density at radius 1 is 1.19 bits per heavy atom. The van der Waals surface area contributed by atoms with Gasteiger partial charge in [-0.2, -0.15) is 12.7 Å². The molecule has 3 heterocycles. The molecule has 2 saturated heterocycles. The standard InChI is InChI=1S/C27H33FN4O4S/c1-20(2)36-25-9-4-6-22(12-25)16-30-11-10-27(14-21(30)3)18-31(17-26-15-29-19-35-26)37(33,34)32(27)24-8-5-7-23(28)13-24/h4-9,12-13,15,19-21H,10-11,14,16-18H2,1-3H3/t21-,27+/m0/s1. The molecule has 0 aliphatic carbocycles. The van der Waals surface area contributed by atoms with Gasteiger partial charge in [0.15, 0.2) is 6.39 Å². The first-order valence-corrected chi connectivity index (χ1v) is 14.0. The highest BCUT2D eigenvalue weighted by Gasteiger charge is 2.56. The van der Waals surface area contributed by atoms with Crippen molar-refractivity contribution < 1.29 is 22.0 Å². The normalized spacial score (nSPS) is 24.2. The van der Waals surface area contributed by atoms with E-state index >= 15 is 0 Å². The van der Waals surface area contributed by atoms with Crippen molar-refractivity contribution in [3.8, 4) is 5.75 Å². The van der Waals surface area contributed by atoms with Crippen LogP contribution in [0.5, 0.6) is 5.75 Å². The second-order valence-electron chi connectivity index (χ2n) is 10.3.